The van der Waals surface area contributed by atoms with Crippen LogP contribution in [0.3, 0.4) is 0 Å². The number of pyridine rings is 2. The summed E-state index contributed by atoms with van der Waals surface area (Å²) >= 11 is 0. The molecule has 2 aromatic rings. The van der Waals surface area contributed by atoms with Crippen molar-refractivity contribution in [1.29, 1.82) is 0 Å². The van der Waals surface area contributed by atoms with Gasteiger partial charge in [0.2, 0.25) is 0 Å². The Bertz CT molecular complexity index is 922. The summed E-state index contributed by atoms with van der Waals surface area (Å²) in [7, 11) is 0. The van der Waals surface area contributed by atoms with Crippen molar-refractivity contribution < 1.29 is 22.4 Å². The highest BCUT2D eigenvalue weighted by Crippen LogP contribution is 2.31. The maximum Gasteiger partial charge on any atom is 0.433 e. The number of alkyl halides is 3. The average Bonchev–Trinajstić information content (AvgIpc) is 2.68. The number of amides is 1. The van der Waals surface area contributed by atoms with E-state index in [9.17, 15) is 22.4 Å². The summed E-state index contributed by atoms with van der Waals surface area (Å²) in [5.74, 6) is -1.30. The molecular formula is C19H16F4N4O. The molecule has 146 valence electrons. The molecule has 0 radical (unpaired) electrons. The Morgan fingerprint density at radius 1 is 1.21 bits per heavy atom. The molecule has 1 aliphatic rings. The summed E-state index contributed by atoms with van der Waals surface area (Å²) in [6.45, 7) is 3.57. The van der Waals surface area contributed by atoms with Crippen molar-refractivity contribution in [2.24, 2.45) is 0 Å². The molecule has 5 nitrogen and oxygen atoms in total. The van der Waals surface area contributed by atoms with Gasteiger partial charge in [0.1, 0.15) is 11.5 Å². The Balaban J connectivity index is 1.79. The molecular weight excluding hydrogens is 376 g/mol. The number of hydrogen-bond donors (Lipinski definition) is 1. The first-order chi connectivity index (χ1) is 13.3. The second-order valence-corrected chi connectivity index (χ2v) is 6.09. The number of carbonyl (C=O) groups excluding carboxylic acids is 1. The highest BCUT2D eigenvalue weighted by molar-refractivity contribution is 5.91. The SMILES string of the molecule is C=C(F)C(=O)N1CC=C(c2cccnc2Nc2ccc(C(F)(F)F)nc2)CC1. The first kappa shape index (κ1) is 19.5. The maximum atomic E-state index is 13.0. The Morgan fingerprint density at radius 2 is 2.00 bits per heavy atom. The van der Waals surface area contributed by atoms with Crippen molar-refractivity contribution in [2.45, 2.75) is 12.6 Å². The van der Waals surface area contributed by atoms with E-state index in [4.69, 9.17) is 0 Å². The molecule has 9 heteroatoms. The van der Waals surface area contributed by atoms with Crippen molar-refractivity contribution in [3.63, 3.8) is 0 Å². The van der Waals surface area contributed by atoms with E-state index in [1.54, 1.807) is 18.3 Å². The van der Waals surface area contributed by atoms with Gasteiger partial charge >= 0.3 is 6.18 Å². The van der Waals surface area contributed by atoms with Crippen LogP contribution in [0.4, 0.5) is 29.1 Å². The van der Waals surface area contributed by atoms with E-state index >= 15 is 0 Å². The number of halogens is 4. The smallest absolute Gasteiger partial charge is 0.338 e. The maximum absolute atomic E-state index is 13.0. The number of rotatable bonds is 4. The molecule has 0 atom stereocenters. The van der Waals surface area contributed by atoms with Crippen molar-refractivity contribution in [1.82, 2.24) is 14.9 Å². The largest absolute Gasteiger partial charge is 0.433 e. The summed E-state index contributed by atoms with van der Waals surface area (Å²) in [6.07, 6.45) is 0.400. The van der Waals surface area contributed by atoms with E-state index in [1.165, 1.54) is 11.0 Å². The van der Waals surface area contributed by atoms with Crippen LogP contribution in [0.5, 0.6) is 0 Å². The fraction of sp³-hybridized carbons (Fsp3) is 0.211. The standard InChI is InChI=1S/C19H16F4N4O/c1-12(20)18(28)27-9-6-13(7-10-27)15-3-2-8-24-17(15)26-14-4-5-16(25-11-14)19(21,22)23/h2-6,8,11H,1,7,9-10H2,(H,24,26). The third kappa shape index (κ3) is 4.36. The van der Waals surface area contributed by atoms with Gasteiger partial charge in [-0.1, -0.05) is 12.7 Å². The molecule has 3 rings (SSSR count). The minimum absolute atomic E-state index is 0.229. The highest BCUT2D eigenvalue weighted by atomic mass is 19.4. The van der Waals surface area contributed by atoms with Gasteiger partial charge in [-0.3, -0.25) is 4.79 Å². The molecule has 0 saturated carbocycles. The molecule has 1 N–H and O–H groups in total. The van der Waals surface area contributed by atoms with Gasteiger partial charge in [0.05, 0.1) is 11.9 Å². The fourth-order valence-corrected chi connectivity index (χ4v) is 2.81. The molecule has 1 amide bonds. The normalized spacial score (nSPS) is 14.4. The van der Waals surface area contributed by atoms with E-state index in [-0.39, 0.29) is 6.54 Å². The fourth-order valence-electron chi connectivity index (χ4n) is 2.81. The van der Waals surface area contributed by atoms with Crippen molar-refractivity contribution in [2.75, 3.05) is 18.4 Å². The Labute approximate surface area is 158 Å². The number of nitrogens with one attached hydrogen (secondary N) is 1. The second-order valence-electron chi connectivity index (χ2n) is 6.09. The summed E-state index contributed by atoms with van der Waals surface area (Å²) in [5, 5.41) is 2.96. The van der Waals surface area contributed by atoms with Crippen LogP contribution < -0.4 is 5.32 Å². The highest BCUT2D eigenvalue weighted by Gasteiger charge is 2.32. The summed E-state index contributed by atoms with van der Waals surface area (Å²) in [4.78, 5) is 20.7. The van der Waals surface area contributed by atoms with Crippen molar-refractivity contribution in [3.05, 3.63) is 66.4 Å². The van der Waals surface area contributed by atoms with Gasteiger partial charge in [0.15, 0.2) is 5.83 Å². The molecule has 0 bridgehead atoms. The predicted octanol–water partition coefficient (Wildman–Crippen LogP) is 4.34. The van der Waals surface area contributed by atoms with Gasteiger partial charge in [-0.25, -0.2) is 14.4 Å². The van der Waals surface area contributed by atoms with E-state index in [0.29, 0.717) is 24.5 Å². The quantitative estimate of drug-likeness (QED) is 0.621. The Morgan fingerprint density at radius 3 is 2.57 bits per heavy atom. The number of carbonyl (C=O) groups is 1. The molecule has 0 fully saturated rings. The topological polar surface area (TPSA) is 58.1 Å². The lowest BCUT2D eigenvalue weighted by Crippen LogP contribution is -2.34. The lowest BCUT2D eigenvalue weighted by Gasteiger charge is -2.26. The second kappa shape index (κ2) is 7.79. The summed E-state index contributed by atoms with van der Waals surface area (Å²) < 4.78 is 50.9. The van der Waals surface area contributed by atoms with E-state index < -0.39 is 23.6 Å². The summed E-state index contributed by atoms with van der Waals surface area (Å²) in [5.41, 5.74) is 1.01. The van der Waals surface area contributed by atoms with Crippen molar-refractivity contribution in [3.8, 4) is 0 Å². The van der Waals surface area contributed by atoms with Gasteiger partial charge in [0, 0.05) is 24.8 Å². The molecule has 28 heavy (non-hydrogen) atoms. The van der Waals surface area contributed by atoms with Gasteiger partial charge in [-0.15, -0.1) is 0 Å². The number of nitrogens with zero attached hydrogens (tertiary/aromatic N) is 3. The average molecular weight is 392 g/mol. The zero-order valence-corrected chi connectivity index (χ0v) is 14.6. The van der Waals surface area contributed by atoms with Crippen LogP contribution in [0.1, 0.15) is 17.7 Å². The number of anilines is 2. The third-order valence-corrected chi connectivity index (χ3v) is 4.20. The Kier molecular flexibility index (Phi) is 5.43. The zero-order valence-electron chi connectivity index (χ0n) is 14.6. The van der Waals surface area contributed by atoms with Crippen LogP contribution in [-0.4, -0.2) is 33.9 Å². The van der Waals surface area contributed by atoms with Crippen LogP contribution in [0.25, 0.3) is 5.57 Å². The molecule has 0 unspecified atom stereocenters. The monoisotopic (exact) mass is 392 g/mol. The van der Waals surface area contributed by atoms with E-state index in [1.807, 2.05) is 6.07 Å². The zero-order chi connectivity index (χ0) is 20.3. The minimum atomic E-state index is -4.50. The van der Waals surface area contributed by atoms with Crippen LogP contribution in [0.2, 0.25) is 0 Å². The van der Waals surface area contributed by atoms with Crippen LogP contribution in [0, 0.1) is 0 Å². The molecule has 0 aliphatic carbocycles. The van der Waals surface area contributed by atoms with Crippen molar-refractivity contribution >= 4 is 23.0 Å². The van der Waals surface area contributed by atoms with Crippen LogP contribution in [0.15, 0.2) is 55.1 Å². The van der Waals surface area contributed by atoms with Crippen LogP contribution in [-0.2, 0) is 11.0 Å². The van der Waals surface area contributed by atoms with Gasteiger partial charge < -0.3 is 10.2 Å². The first-order valence-corrected chi connectivity index (χ1v) is 8.34. The van der Waals surface area contributed by atoms with Gasteiger partial charge in [-0.2, -0.15) is 13.2 Å². The molecule has 0 spiro atoms. The third-order valence-electron chi connectivity index (χ3n) is 4.20. The van der Waals surface area contributed by atoms with E-state index in [0.717, 1.165) is 23.4 Å². The van der Waals surface area contributed by atoms with Crippen LogP contribution >= 0.6 is 0 Å². The molecule has 0 saturated heterocycles. The first-order valence-electron chi connectivity index (χ1n) is 8.34. The molecule has 1 aliphatic heterocycles. The predicted molar refractivity (Wildman–Crippen MR) is 96.2 cm³/mol. The molecule has 2 aromatic heterocycles. The molecule has 0 aromatic carbocycles. The molecule has 3 heterocycles. The van der Waals surface area contributed by atoms with Gasteiger partial charge in [-0.05, 0) is 36.3 Å². The Hall–Kier alpha value is -3.23. The number of aromatic nitrogens is 2. The lowest BCUT2D eigenvalue weighted by molar-refractivity contribution is -0.141. The van der Waals surface area contributed by atoms with Gasteiger partial charge in [0.25, 0.3) is 5.91 Å². The number of hydrogen-bond acceptors (Lipinski definition) is 4. The lowest BCUT2D eigenvalue weighted by atomic mass is 9.99. The minimum Gasteiger partial charge on any atom is -0.338 e. The summed E-state index contributed by atoms with van der Waals surface area (Å²) in [6, 6.07) is 5.70. The van der Waals surface area contributed by atoms with E-state index in [2.05, 4.69) is 21.9 Å².